The number of carbonyl (C=O) groups excluding carboxylic acids is 6. The van der Waals surface area contributed by atoms with Crippen LogP contribution in [0.25, 0.3) is 0 Å². The highest BCUT2D eigenvalue weighted by Gasteiger charge is 2.37. The Balaban J connectivity index is 0.000000274. The SMILES string of the molecule is CCOC(=O)CCN1CC[C@H](c2ccccc2)C[C@@H]1C(=O)N[C@@H](C)C(=O)CCc1ccc(C(=N)N)cc1.CCOC(=O)CCN1CC[C@H](c2ccccc2)C[C@@H]1C(=O)N[C@@H](C)C(=O)CCc1ccc(C(C)=N)cc1. The highest BCUT2D eigenvalue weighted by Crippen LogP contribution is 2.33. The van der Waals surface area contributed by atoms with Crippen molar-refractivity contribution < 1.29 is 38.2 Å². The molecule has 2 saturated heterocycles. The lowest BCUT2D eigenvalue weighted by molar-refractivity contribution is -0.145. The standard InChI is InChI=1S/C30H39N3O4.C29H38N4O4/c1-4-37-29(35)17-19-33-18-16-26(25-8-6-5-7-9-25)20-27(33)30(36)32-22(3)28(34)15-12-23-10-13-24(14-11-23)21(2)31;1-3-37-27(35)16-18-33-17-15-24(22-7-5-4-6-8-22)19-25(33)29(36)32-20(2)26(34)14-11-21-9-12-23(13-10-21)28(30)31/h5-11,13-14,22,26-27,31H,4,12,15-20H2,1-3H3,(H,32,36);4-10,12-13,20,24-25H,3,11,14-19H2,1-2H3,(H3,30,31)(H,32,36)/t22-,26-,27+;20-,24-,25+/m00/s1. The summed E-state index contributed by atoms with van der Waals surface area (Å²) < 4.78 is 10.1. The smallest absolute Gasteiger partial charge is 0.307 e. The first kappa shape index (κ1) is 58.1. The maximum atomic E-state index is 13.4. The van der Waals surface area contributed by atoms with Crippen LogP contribution in [0, 0.1) is 10.8 Å². The Hall–Kier alpha value is -6.84. The fourth-order valence-corrected chi connectivity index (χ4v) is 9.62. The van der Waals surface area contributed by atoms with E-state index < -0.39 is 24.2 Å². The van der Waals surface area contributed by atoms with Crippen LogP contribution in [0.1, 0.15) is 131 Å². The number of benzene rings is 4. The first-order chi connectivity index (χ1) is 35.6. The van der Waals surface area contributed by atoms with E-state index in [9.17, 15) is 28.8 Å². The van der Waals surface area contributed by atoms with Gasteiger partial charge >= 0.3 is 11.9 Å². The molecule has 6 atom stereocenters. The number of rotatable bonds is 24. The molecule has 2 aliphatic rings. The molecular weight excluding hydrogens is 935 g/mol. The van der Waals surface area contributed by atoms with E-state index in [1.807, 2.05) is 77.7 Å². The van der Waals surface area contributed by atoms with E-state index in [0.717, 1.165) is 29.5 Å². The molecular formula is C59H77N7O8. The Morgan fingerprint density at radius 1 is 0.581 bits per heavy atom. The van der Waals surface area contributed by atoms with Gasteiger partial charge in [0.15, 0.2) is 11.6 Å². The molecule has 0 radical (unpaired) electrons. The van der Waals surface area contributed by atoms with Crippen molar-refractivity contribution in [3.05, 3.63) is 143 Å². The largest absolute Gasteiger partial charge is 0.466 e. The molecule has 4 aromatic carbocycles. The lowest BCUT2D eigenvalue weighted by atomic mass is 9.84. The number of likely N-dealkylation sites (tertiary alicyclic amines) is 2. The minimum atomic E-state index is -0.618. The van der Waals surface area contributed by atoms with Gasteiger partial charge in [-0.2, -0.15) is 0 Å². The molecule has 0 unspecified atom stereocenters. The van der Waals surface area contributed by atoms with Gasteiger partial charge < -0.3 is 31.3 Å². The lowest BCUT2D eigenvalue weighted by Crippen LogP contribution is -2.54. The Morgan fingerprint density at radius 3 is 1.31 bits per heavy atom. The number of ether oxygens (including phenoxy) is 2. The van der Waals surface area contributed by atoms with E-state index in [1.165, 1.54) is 11.1 Å². The molecule has 74 heavy (non-hydrogen) atoms. The van der Waals surface area contributed by atoms with Gasteiger partial charge in [0.05, 0.1) is 50.2 Å². The quantitative estimate of drug-likeness (QED) is 0.0263. The van der Waals surface area contributed by atoms with Crippen LogP contribution in [0.5, 0.6) is 0 Å². The number of carbonyl (C=O) groups is 6. The Kier molecular flexibility index (Phi) is 23.3. The molecule has 0 spiro atoms. The van der Waals surface area contributed by atoms with E-state index in [1.54, 1.807) is 46.8 Å². The van der Waals surface area contributed by atoms with Gasteiger partial charge in [-0.05, 0) is 126 Å². The van der Waals surface area contributed by atoms with Crippen LogP contribution in [0.3, 0.4) is 0 Å². The summed E-state index contributed by atoms with van der Waals surface area (Å²) in [4.78, 5) is 80.4. The molecule has 0 bridgehead atoms. The fourth-order valence-electron chi connectivity index (χ4n) is 9.62. The third kappa shape index (κ3) is 18.3. The molecule has 4 aromatic rings. The number of nitrogens with zero attached hydrogens (tertiary/aromatic N) is 2. The number of Topliss-reactive ketones (excluding diaryl/α,β-unsaturated/α-hetero) is 2. The topological polar surface area (TPSA) is 225 Å². The lowest BCUT2D eigenvalue weighted by Gasteiger charge is -2.39. The van der Waals surface area contributed by atoms with Gasteiger partial charge in [0.1, 0.15) is 5.84 Å². The normalized spacial score (nSPS) is 18.6. The minimum Gasteiger partial charge on any atom is -0.466 e. The zero-order valence-corrected chi connectivity index (χ0v) is 43.9. The monoisotopic (exact) mass is 1010 g/mol. The number of hydrogen-bond acceptors (Lipinski definition) is 12. The first-order valence-electron chi connectivity index (χ1n) is 26.2. The van der Waals surface area contributed by atoms with Gasteiger partial charge in [0.25, 0.3) is 0 Å². The van der Waals surface area contributed by atoms with Crippen LogP contribution in [-0.4, -0.2) is 120 Å². The van der Waals surface area contributed by atoms with E-state index in [0.29, 0.717) is 89.2 Å². The van der Waals surface area contributed by atoms with Crippen molar-refractivity contribution in [2.45, 2.75) is 135 Å². The Morgan fingerprint density at radius 2 is 0.959 bits per heavy atom. The average Bonchev–Trinajstić information content (AvgIpc) is 3.41. The molecule has 2 amide bonds. The molecule has 0 aliphatic carbocycles. The number of aryl methyl sites for hydroxylation is 2. The zero-order valence-electron chi connectivity index (χ0n) is 43.9. The summed E-state index contributed by atoms with van der Waals surface area (Å²) in [6.07, 6.45) is 5.28. The van der Waals surface area contributed by atoms with Crippen LogP contribution < -0.4 is 16.4 Å². The van der Waals surface area contributed by atoms with Crippen LogP contribution in [0.15, 0.2) is 109 Å². The summed E-state index contributed by atoms with van der Waals surface area (Å²) in [6.45, 7) is 11.7. The van der Waals surface area contributed by atoms with Gasteiger partial charge in [0.2, 0.25) is 11.8 Å². The van der Waals surface area contributed by atoms with Crippen molar-refractivity contribution in [2.75, 3.05) is 39.4 Å². The summed E-state index contributed by atoms with van der Waals surface area (Å²) in [6, 6.07) is 33.2. The molecule has 6 N–H and O–H groups in total. The molecule has 0 saturated carbocycles. The molecule has 6 rings (SSSR count). The summed E-state index contributed by atoms with van der Waals surface area (Å²) in [7, 11) is 0. The van der Waals surface area contributed by atoms with E-state index in [-0.39, 0.29) is 65.8 Å². The van der Waals surface area contributed by atoms with Crippen molar-refractivity contribution in [1.29, 1.82) is 10.8 Å². The van der Waals surface area contributed by atoms with E-state index in [2.05, 4.69) is 39.8 Å². The maximum absolute atomic E-state index is 13.4. The number of amidine groups is 1. The molecule has 15 nitrogen and oxygen atoms in total. The number of nitrogen functional groups attached to an aromatic ring is 1. The predicted molar refractivity (Wildman–Crippen MR) is 288 cm³/mol. The van der Waals surface area contributed by atoms with Crippen LogP contribution in [0.4, 0.5) is 0 Å². The number of amides is 2. The Labute approximate surface area is 437 Å². The third-order valence-electron chi connectivity index (χ3n) is 14.0. The summed E-state index contributed by atoms with van der Waals surface area (Å²) in [5.74, 6) is -0.466. The fraction of sp³-hybridized carbons (Fsp3) is 0.458. The van der Waals surface area contributed by atoms with Crippen LogP contribution >= 0.6 is 0 Å². The predicted octanol–water partition coefficient (Wildman–Crippen LogP) is 7.46. The van der Waals surface area contributed by atoms with Gasteiger partial charge in [-0.1, -0.05) is 109 Å². The van der Waals surface area contributed by atoms with Crippen molar-refractivity contribution in [3.8, 4) is 0 Å². The number of nitrogens with two attached hydrogens (primary N) is 1. The van der Waals surface area contributed by atoms with E-state index in [4.69, 9.17) is 26.0 Å². The maximum Gasteiger partial charge on any atom is 0.307 e. The van der Waals surface area contributed by atoms with Gasteiger partial charge in [0, 0.05) is 37.2 Å². The average molecular weight is 1010 g/mol. The van der Waals surface area contributed by atoms with Crippen molar-refractivity contribution in [3.63, 3.8) is 0 Å². The second-order valence-corrected chi connectivity index (χ2v) is 19.3. The van der Waals surface area contributed by atoms with Crippen molar-refractivity contribution >= 4 is 46.9 Å². The molecule has 2 heterocycles. The first-order valence-corrected chi connectivity index (χ1v) is 26.2. The van der Waals surface area contributed by atoms with Gasteiger partial charge in [-0.15, -0.1) is 0 Å². The molecule has 396 valence electrons. The molecule has 0 aromatic heterocycles. The van der Waals surface area contributed by atoms with E-state index >= 15 is 0 Å². The van der Waals surface area contributed by atoms with Crippen LogP contribution in [-0.2, 0) is 51.1 Å². The van der Waals surface area contributed by atoms with Gasteiger partial charge in [-0.25, -0.2) is 0 Å². The highest BCUT2D eigenvalue weighted by molar-refractivity contribution is 5.96. The second kappa shape index (κ2) is 29.8. The zero-order chi connectivity index (χ0) is 53.6. The number of ketones is 2. The minimum absolute atomic E-state index is 0.00692. The number of hydrogen-bond donors (Lipinski definition) is 5. The molecule has 2 fully saturated rings. The Bertz CT molecular complexity index is 2310. The number of piperidine rings is 2. The summed E-state index contributed by atoms with van der Waals surface area (Å²) >= 11 is 0. The third-order valence-corrected chi connectivity index (χ3v) is 14.0. The highest BCUT2D eigenvalue weighted by atomic mass is 16.5. The molecule has 15 heteroatoms. The second-order valence-electron chi connectivity index (χ2n) is 19.3. The number of nitrogens with one attached hydrogen (secondary N) is 4. The number of esters is 2. The van der Waals surface area contributed by atoms with Crippen LogP contribution in [0.2, 0.25) is 0 Å². The van der Waals surface area contributed by atoms with Gasteiger partial charge in [-0.3, -0.25) is 44.0 Å². The summed E-state index contributed by atoms with van der Waals surface area (Å²) in [5, 5.41) is 21.1. The van der Waals surface area contributed by atoms with Crippen molar-refractivity contribution in [2.24, 2.45) is 5.73 Å². The summed E-state index contributed by atoms with van der Waals surface area (Å²) in [5.41, 5.74) is 11.9. The van der Waals surface area contributed by atoms with Crippen molar-refractivity contribution in [1.82, 2.24) is 20.4 Å². The molecule has 2 aliphatic heterocycles.